The fourth-order valence-corrected chi connectivity index (χ4v) is 1.74. The van der Waals surface area contributed by atoms with Crippen LogP contribution in [0.4, 0.5) is 5.69 Å². The first-order valence-corrected chi connectivity index (χ1v) is 4.74. The summed E-state index contributed by atoms with van der Waals surface area (Å²) >= 11 is 17.0. The van der Waals surface area contributed by atoms with Crippen LogP contribution in [0.5, 0.6) is 0 Å². The van der Waals surface area contributed by atoms with Gasteiger partial charge in [0.1, 0.15) is 0 Å². The summed E-state index contributed by atoms with van der Waals surface area (Å²) in [6, 6.07) is 2.68. The van der Waals surface area contributed by atoms with Gasteiger partial charge in [0.05, 0.1) is 15.7 Å². The number of anilines is 1. The molecule has 0 saturated carbocycles. The second-order valence-electron chi connectivity index (χ2n) is 2.50. The number of carboxylic acid groups (broad SMARTS) is 1. The highest BCUT2D eigenvalue weighted by atomic mass is 35.5. The summed E-state index contributed by atoms with van der Waals surface area (Å²) in [5.41, 5.74) is 0.0233. The molecule has 0 aliphatic carbocycles. The second-order valence-corrected chi connectivity index (χ2v) is 3.75. The van der Waals surface area contributed by atoms with E-state index >= 15 is 0 Å². The van der Waals surface area contributed by atoms with E-state index in [1.54, 1.807) is 0 Å². The van der Waals surface area contributed by atoms with Crippen LogP contribution in [-0.2, 0) is 9.59 Å². The molecule has 0 aliphatic heterocycles. The molecule has 0 heterocycles. The SMILES string of the molecule is O=C(O)C(=O)Nc1c(Cl)cc(Cl)cc1Cl. The van der Waals surface area contributed by atoms with Crippen LogP contribution in [0.15, 0.2) is 12.1 Å². The molecule has 7 heteroatoms. The number of rotatable bonds is 1. The minimum Gasteiger partial charge on any atom is -0.474 e. The molecule has 4 nitrogen and oxygen atoms in total. The molecule has 0 unspecified atom stereocenters. The predicted octanol–water partition coefficient (Wildman–Crippen LogP) is 2.67. The lowest BCUT2D eigenvalue weighted by atomic mass is 10.3. The first-order valence-electron chi connectivity index (χ1n) is 3.60. The Balaban J connectivity index is 3.05. The molecule has 0 radical (unpaired) electrons. The predicted molar refractivity (Wildman–Crippen MR) is 57.7 cm³/mol. The minimum absolute atomic E-state index is 0.0233. The van der Waals surface area contributed by atoms with Gasteiger partial charge in [-0.3, -0.25) is 4.79 Å². The summed E-state index contributed by atoms with van der Waals surface area (Å²) in [5, 5.41) is 10.8. The Morgan fingerprint density at radius 1 is 1.13 bits per heavy atom. The highest BCUT2D eigenvalue weighted by Crippen LogP contribution is 2.33. The summed E-state index contributed by atoms with van der Waals surface area (Å²) in [6.07, 6.45) is 0. The van der Waals surface area contributed by atoms with E-state index in [0.29, 0.717) is 5.02 Å². The Hall–Kier alpha value is -0.970. The maximum atomic E-state index is 10.8. The van der Waals surface area contributed by atoms with Gasteiger partial charge in [0.2, 0.25) is 0 Å². The first-order chi connectivity index (χ1) is 6.91. The second kappa shape index (κ2) is 4.70. The Morgan fingerprint density at radius 2 is 1.60 bits per heavy atom. The van der Waals surface area contributed by atoms with Crippen LogP contribution in [0.1, 0.15) is 0 Å². The van der Waals surface area contributed by atoms with Crippen molar-refractivity contribution in [2.24, 2.45) is 0 Å². The molecule has 0 bridgehead atoms. The Morgan fingerprint density at radius 3 is 2.00 bits per heavy atom. The number of hydrogen-bond donors (Lipinski definition) is 2. The molecule has 80 valence electrons. The largest absolute Gasteiger partial charge is 0.474 e. The van der Waals surface area contributed by atoms with E-state index in [1.807, 2.05) is 5.32 Å². The monoisotopic (exact) mass is 267 g/mol. The fourth-order valence-electron chi connectivity index (χ4n) is 0.829. The van der Waals surface area contributed by atoms with Crippen LogP contribution in [0.2, 0.25) is 15.1 Å². The molecule has 1 amide bonds. The van der Waals surface area contributed by atoms with Crippen LogP contribution in [0, 0.1) is 0 Å². The lowest BCUT2D eigenvalue weighted by molar-refractivity contribution is -0.147. The van der Waals surface area contributed by atoms with Crippen molar-refractivity contribution in [1.82, 2.24) is 0 Å². The molecule has 15 heavy (non-hydrogen) atoms. The topological polar surface area (TPSA) is 66.4 Å². The van der Waals surface area contributed by atoms with E-state index in [9.17, 15) is 9.59 Å². The van der Waals surface area contributed by atoms with Crippen molar-refractivity contribution in [3.05, 3.63) is 27.2 Å². The Kier molecular flexibility index (Phi) is 3.79. The van der Waals surface area contributed by atoms with Crippen molar-refractivity contribution in [2.45, 2.75) is 0 Å². The van der Waals surface area contributed by atoms with Gasteiger partial charge in [0, 0.05) is 5.02 Å². The number of nitrogens with one attached hydrogen (secondary N) is 1. The molecule has 0 atom stereocenters. The van der Waals surface area contributed by atoms with Crippen molar-refractivity contribution in [3.63, 3.8) is 0 Å². The third kappa shape index (κ3) is 2.99. The molecule has 0 aliphatic rings. The number of carbonyl (C=O) groups excluding carboxylic acids is 1. The number of halogens is 3. The van der Waals surface area contributed by atoms with E-state index in [1.165, 1.54) is 12.1 Å². The number of hydrogen-bond acceptors (Lipinski definition) is 2. The smallest absolute Gasteiger partial charge is 0.394 e. The average Bonchev–Trinajstić information content (AvgIpc) is 2.10. The van der Waals surface area contributed by atoms with Crippen molar-refractivity contribution in [3.8, 4) is 0 Å². The zero-order valence-corrected chi connectivity index (χ0v) is 9.32. The molecule has 1 aromatic rings. The average molecular weight is 268 g/mol. The van der Waals surface area contributed by atoms with Crippen molar-refractivity contribution in [1.29, 1.82) is 0 Å². The third-order valence-electron chi connectivity index (χ3n) is 1.44. The van der Waals surface area contributed by atoms with Gasteiger partial charge in [-0.1, -0.05) is 34.8 Å². The van der Waals surface area contributed by atoms with Gasteiger partial charge in [-0.2, -0.15) is 0 Å². The van der Waals surface area contributed by atoms with Gasteiger partial charge < -0.3 is 10.4 Å². The van der Waals surface area contributed by atoms with E-state index in [4.69, 9.17) is 39.9 Å². The van der Waals surface area contributed by atoms with Crippen molar-refractivity contribution in [2.75, 3.05) is 5.32 Å². The molecule has 0 aromatic heterocycles. The summed E-state index contributed by atoms with van der Waals surface area (Å²) in [4.78, 5) is 21.1. The van der Waals surface area contributed by atoms with Crippen LogP contribution in [-0.4, -0.2) is 17.0 Å². The summed E-state index contributed by atoms with van der Waals surface area (Å²) < 4.78 is 0. The number of benzene rings is 1. The summed E-state index contributed by atoms with van der Waals surface area (Å²) in [6.45, 7) is 0. The zero-order valence-electron chi connectivity index (χ0n) is 7.05. The van der Waals surface area contributed by atoms with Gasteiger partial charge >= 0.3 is 11.9 Å². The summed E-state index contributed by atoms with van der Waals surface area (Å²) in [7, 11) is 0. The quantitative estimate of drug-likeness (QED) is 0.770. The Labute approximate surface area is 99.7 Å². The van der Waals surface area contributed by atoms with Crippen molar-refractivity contribution >= 4 is 52.4 Å². The molecule has 1 rings (SSSR count). The zero-order chi connectivity index (χ0) is 11.6. The van der Waals surface area contributed by atoms with Crippen LogP contribution < -0.4 is 5.32 Å². The molecular weight excluding hydrogens is 264 g/mol. The van der Waals surface area contributed by atoms with E-state index < -0.39 is 11.9 Å². The lowest BCUT2D eigenvalue weighted by Gasteiger charge is -2.07. The highest BCUT2D eigenvalue weighted by Gasteiger charge is 2.15. The number of carbonyl (C=O) groups is 2. The number of amides is 1. The van der Waals surface area contributed by atoms with Crippen LogP contribution >= 0.6 is 34.8 Å². The van der Waals surface area contributed by atoms with E-state index in [2.05, 4.69) is 0 Å². The van der Waals surface area contributed by atoms with Gasteiger partial charge in [-0.15, -0.1) is 0 Å². The van der Waals surface area contributed by atoms with Gasteiger partial charge in [-0.05, 0) is 12.1 Å². The Bertz CT molecular complexity index is 410. The van der Waals surface area contributed by atoms with Gasteiger partial charge in [0.25, 0.3) is 0 Å². The van der Waals surface area contributed by atoms with Crippen LogP contribution in [0.25, 0.3) is 0 Å². The molecular formula is C8H4Cl3NO3. The highest BCUT2D eigenvalue weighted by molar-refractivity contribution is 6.44. The maximum Gasteiger partial charge on any atom is 0.394 e. The minimum atomic E-state index is -1.63. The molecule has 1 aromatic carbocycles. The van der Waals surface area contributed by atoms with E-state index in [-0.39, 0.29) is 15.7 Å². The first kappa shape index (κ1) is 12.1. The van der Waals surface area contributed by atoms with Gasteiger partial charge in [0.15, 0.2) is 0 Å². The molecule has 0 fully saturated rings. The lowest BCUT2D eigenvalue weighted by Crippen LogP contribution is -2.22. The molecule has 0 saturated heterocycles. The number of carboxylic acids is 1. The molecule has 0 spiro atoms. The fraction of sp³-hybridized carbons (Fsp3) is 0. The third-order valence-corrected chi connectivity index (χ3v) is 2.25. The summed E-state index contributed by atoms with van der Waals surface area (Å²) in [5.74, 6) is -2.85. The van der Waals surface area contributed by atoms with E-state index in [0.717, 1.165) is 0 Å². The standard InChI is InChI=1S/C8H4Cl3NO3/c9-3-1-4(10)6(5(11)2-3)12-7(13)8(14)15/h1-2H,(H,12,13)(H,14,15). The number of aliphatic carboxylic acids is 1. The maximum absolute atomic E-state index is 10.8. The molecule has 2 N–H and O–H groups in total. The van der Waals surface area contributed by atoms with Crippen LogP contribution in [0.3, 0.4) is 0 Å². The normalized spacial score (nSPS) is 9.80. The van der Waals surface area contributed by atoms with Gasteiger partial charge in [-0.25, -0.2) is 4.79 Å². The van der Waals surface area contributed by atoms with Crippen molar-refractivity contribution < 1.29 is 14.7 Å².